The first kappa shape index (κ1) is 6.81. The number of H-pyrrole nitrogens is 1. The lowest BCUT2D eigenvalue weighted by Crippen LogP contribution is -1.79. The molecule has 0 saturated carbocycles. The summed E-state index contributed by atoms with van der Waals surface area (Å²) in [6.45, 7) is 4.07. The summed E-state index contributed by atoms with van der Waals surface area (Å²) in [5.41, 5.74) is 0.703. The average Bonchev–Trinajstić information content (AvgIpc) is 2.34. The Balaban J connectivity index is 2.66. The normalized spacial score (nSPS) is 9.10. The molecule has 0 fully saturated rings. The molecule has 3 heteroatoms. The second-order valence-corrected chi connectivity index (χ2v) is 2.28. The first-order valence-electron chi connectivity index (χ1n) is 3.16. The Bertz CT molecular complexity index is 238. The number of nitrogens with one attached hydrogen (secondary N) is 1. The summed E-state index contributed by atoms with van der Waals surface area (Å²) in [4.78, 5) is 0. The summed E-state index contributed by atoms with van der Waals surface area (Å²) in [6, 6.07) is 0. The van der Waals surface area contributed by atoms with Gasteiger partial charge in [0, 0.05) is 5.92 Å². The minimum Gasteiger partial charge on any atom is -0.197 e. The van der Waals surface area contributed by atoms with Crippen molar-refractivity contribution in [3.05, 3.63) is 11.9 Å². The third-order valence-corrected chi connectivity index (χ3v) is 0.904. The molecule has 1 aromatic rings. The van der Waals surface area contributed by atoms with Gasteiger partial charge in [0.2, 0.25) is 0 Å². The van der Waals surface area contributed by atoms with Gasteiger partial charge in [-0.3, -0.25) is 0 Å². The Morgan fingerprint density at radius 1 is 1.60 bits per heavy atom. The lowest BCUT2D eigenvalue weighted by Gasteiger charge is -1.83. The largest absolute Gasteiger partial charge is 0.197 e. The van der Waals surface area contributed by atoms with Gasteiger partial charge in [-0.05, 0) is 5.92 Å². The van der Waals surface area contributed by atoms with Gasteiger partial charge in [-0.15, -0.1) is 5.10 Å². The molecule has 3 nitrogen and oxygen atoms in total. The van der Waals surface area contributed by atoms with E-state index in [2.05, 4.69) is 27.3 Å². The summed E-state index contributed by atoms with van der Waals surface area (Å²) < 4.78 is 0. The van der Waals surface area contributed by atoms with E-state index in [0.29, 0.717) is 11.6 Å². The van der Waals surface area contributed by atoms with E-state index < -0.39 is 0 Å². The Labute approximate surface area is 59.8 Å². The maximum absolute atomic E-state index is 3.78. The van der Waals surface area contributed by atoms with Crippen molar-refractivity contribution >= 4 is 0 Å². The van der Waals surface area contributed by atoms with E-state index in [1.54, 1.807) is 6.20 Å². The summed E-state index contributed by atoms with van der Waals surface area (Å²) in [5.74, 6) is 6.23. The maximum atomic E-state index is 3.78. The van der Waals surface area contributed by atoms with Gasteiger partial charge in [-0.1, -0.05) is 19.8 Å². The van der Waals surface area contributed by atoms with Crippen LogP contribution >= 0.6 is 0 Å². The van der Waals surface area contributed by atoms with E-state index in [9.17, 15) is 0 Å². The SMILES string of the molecule is CC(C)C#Cc1cn[nH]n1. The van der Waals surface area contributed by atoms with Gasteiger partial charge in [0.15, 0.2) is 5.69 Å². The van der Waals surface area contributed by atoms with Crippen LogP contribution in [0.3, 0.4) is 0 Å². The monoisotopic (exact) mass is 135 g/mol. The topological polar surface area (TPSA) is 41.6 Å². The molecule has 0 saturated heterocycles. The summed E-state index contributed by atoms with van der Waals surface area (Å²) in [6.07, 6.45) is 1.61. The molecular weight excluding hydrogens is 126 g/mol. The predicted molar refractivity (Wildman–Crippen MR) is 38.1 cm³/mol. The predicted octanol–water partition coefficient (Wildman–Crippen LogP) is 0.812. The zero-order chi connectivity index (χ0) is 7.40. The van der Waals surface area contributed by atoms with Crippen LogP contribution in [0.25, 0.3) is 0 Å². The van der Waals surface area contributed by atoms with Crippen molar-refractivity contribution in [2.24, 2.45) is 5.92 Å². The smallest absolute Gasteiger partial charge is 0.155 e. The molecule has 0 spiro atoms. The van der Waals surface area contributed by atoms with Gasteiger partial charge < -0.3 is 0 Å². The number of hydrogen-bond acceptors (Lipinski definition) is 2. The van der Waals surface area contributed by atoms with Crippen molar-refractivity contribution in [3.8, 4) is 11.8 Å². The van der Waals surface area contributed by atoms with Crippen LogP contribution in [0.1, 0.15) is 19.5 Å². The average molecular weight is 135 g/mol. The van der Waals surface area contributed by atoms with Crippen LogP contribution in [0.15, 0.2) is 6.20 Å². The van der Waals surface area contributed by atoms with Crippen LogP contribution < -0.4 is 0 Å². The highest BCUT2D eigenvalue weighted by Gasteiger charge is 1.86. The highest BCUT2D eigenvalue weighted by atomic mass is 15.3. The molecule has 0 bridgehead atoms. The Morgan fingerprint density at radius 2 is 2.40 bits per heavy atom. The van der Waals surface area contributed by atoms with Gasteiger partial charge in [0.1, 0.15) is 0 Å². The highest BCUT2D eigenvalue weighted by Crippen LogP contribution is 1.89. The van der Waals surface area contributed by atoms with Gasteiger partial charge in [0.05, 0.1) is 6.20 Å². The van der Waals surface area contributed by atoms with Gasteiger partial charge >= 0.3 is 0 Å². The standard InChI is InChI=1S/C7H9N3/c1-6(2)3-4-7-5-8-10-9-7/h5-6H,1-2H3,(H,8,9,10). The minimum absolute atomic E-state index is 0.386. The first-order valence-corrected chi connectivity index (χ1v) is 3.16. The van der Waals surface area contributed by atoms with Crippen molar-refractivity contribution in [1.29, 1.82) is 0 Å². The van der Waals surface area contributed by atoms with Crippen molar-refractivity contribution < 1.29 is 0 Å². The second-order valence-electron chi connectivity index (χ2n) is 2.28. The lowest BCUT2D eigenvalue weighted by atomic mass is 10.2. The summed E-state index contributed by atoms with van der Waals surface area (Å²) in [5, 5.41) is 9.89. The number of aromatic amines is 1. The van der Waals surface area contributed by atoms with E-state index in [0.717, 1.165) is 0 Å². The fourth-order valence-electron chi connectivity index (χ4n) is 0.480. The van der Waals surface area contributed by atoms with Crippen molar-refractivity contribution in [3.63, 3.8) is 0 Å². The number of aromatic nitrogens is 3. The zero-order valence-corrected chi connectivity index (χ0v) is 6.05. The fraction of sp³-hybridized carbons (Fsp3) is 0.429. The van der Waals surface area contributed by atoms with Gasteiger partial charge in [-0.25, -0.2) is 0 Å². The molecule has 1 N–H and O–H groups in total. The molecule has 0 aromatic carbocycles. The second kappa shape index (κ2) is 3.02. The molecule has 0 aliphatic heterocycles. The molecule has 1 heterocycles. The van der Waals surface area contributed by atoms with Gasteiger partial charge in [0.25, 0.3) is 0 Å². The molecule has 0 radical (unpaired) electrons. The van der Waals surface area contributed by atoms with Crippen molar-refractivity contribution in [2.75, 3.05) is 0 Å². The van der Waals surface area contributed by atoms with E-state index >= 15 is 0 Å². The van der Waals surface area contributed by atoms with Gasteiger partial charge in [-0.2, -0.15) is 10.3 Å². The lowest BCUT2D eigenvalue weighted by molar-refractivity contribution is 0.866. The first-order chi connectivity index (χ1) is 4.79. The fourth-order valence-corrected chi connectivity index (χ4v) is 0.480. The third-order valence-electron chi connectivity index (χ3n) is 0.904. The Hall–Kier alpha value is -1.30. The molecule has 0 aliphatic carbocycles. The summed E-state index contributed by atoms with van der Waals surface area (Å²) >= 11 is 0. The molecular formula is C7H9N3. The quantitative estimate of drug-likeness (QED) is 0.535. The Morgan fingerprint density at radius 3 is 2.90 bits per heavy atom. The van der Waals surface area contributed by atoms with Crippen LogP contribution in [0.2, 0.25) is 0 Å². The van der Waals surface area contributed by atoms with E-state index in [1.807, 2.05) is 13.8 Å². The number of nitrogens with zero attached hydrogens (tertiary/aromatic N) is 2. The molecule has 1 aromatic heterocycles. The Kier molecular flexibility index (Phi) is 2.06. The molecule has 0 unspecified atom stereocenters. The third kappa shape index (κ3) is 1.90. The van der Waals surface area contributed by atoms with Crippen molar-refractivity contribution in [2.45, 2.75) is 13.8 Å². The zero-order valence-electron chi connectivity index (χ0n) is 6.05. The van der Waals surface area contributed by atoms with Crippen LogP contribution in [-0.2, 0) is 0 Å². The minimum atomic E-state index is 0.386. The highest BCUT2D eigenvalue weighted by molar-refractivity contribution is 5.23. The molecule has 52 valence electrons. The molecule has 0 amide bonds. The van der Waals surface area contributed by atoms with Crippen LogP contribution in [0.4, 0.5) is 0 Å². The molecule has 10 heavy (non-hydrogen) atoms. The molecule has 1 rings (SSSR count). The van der Waals surface area contributed by atoms with E-state index in [4.69, 9.17) is 0 Å². The summed E-state index contributed by atoms with van der Waals surface area (Å²) in [7, 11) is 0. The molecule has 0 aliphatic rings. The van der Waals surface area contributed by atoms with E-state index in [1.165, 1.54) is 0 Å². The van der Waals surface area contributed by atoms with Crippen LogP contribution in [0.5, 0.6) is 0 Å². The van der Waals surface area contributed by atoms with E-state index in [-0.39, 0.29) is 0 Å². The van der Waals surface area contributed by atoms with Crippen molar-refractivity contribution in [1.82, 2.24) is 15.4 Å². The number of hydrogen-bond donors (Lipinski definition) is 1. The maximum Gasteiger partial charge on any atom is 0.155 e. The van der Waals surface area contributed by atoms with Crippen LogP contribution in [-0.4, -0.2) is 15.4 Å². The molecule has 0 atom stereocenters. The van der Waals surface area contributed by atoms with Crippen LogP contribution in [0, 0.1) is 17.8 Å². The number of rotatable bonds is 0.